The summed E-state index contributed by atoms with van der Waals surface area (Å²) in [6, 6.07) is 0.274. The van der Waals surface area contributed by atoms with Gasteiger partial charge in [-0.25, -0.2) is 8.78 Å². The second kappa shape index (κ2) is 6.34. The van der Waals surface area contributed by atoms with Crippen molar-refractivity contribution in [3.8, 4) is 0 Å². The SMILES string of the molecule is FC(F)CCCC1NCCOC12CCSCC2. The number of morpholine rings is 1. The second-order valence-electron chi connectivity index (χ2n) is 4.85. The summed E-state index contributed by atoms with van der Waals surface area (Å²) in [5, 5.41) is 3.47. The van der Waals surface area contributed by atoms with Crippen molar-refractivity contribution in [2.45, 2.75) is 50.2 Å². The van der Waals surface area contributed by atoms with Gasteiger partial charge in [0.15, 0.2) is 0 Å². The van der Waals surface area contributed by atoms with Gasteiger partial charge in [0.2, 0.25) is 6.43 Å². The Morgan fingerprint density at radius 1 is 1.35 bits per heavy atom. The van der Waals surface area contributed by atoms with Crippen molar-refractivity contribution in [2.24, 2.45) is 0 Å². The van der Waals surface area contributed by atoms with Crippen molar-refractivity contribution in [1.29, 1.82) is 0 Å². The van der Waals surface area contributed by atoms with Crippen LogP contribution < -0.4 is 5.32 Å². The van der Waals surface area contributed by atoms with Gasteiger partial charge in [-0.2, -0.15) is 11.8 Å². The molecule has 2 fully saturated rings. The summed E-state index contributed by atoms with van der Waals surface area (Å²) in [6.45, 7) is 1.62. The topological polar surface area (TPSA) is 21.3 Å². The Hall–Kier alpha value is 0.130. The minimum atomic E-state index is -2.17. The van der Waals surface area contributed by atoms with Gasteiger partial charge in [0.05, 0.1) is 12.2 Å². The first kappa shape index (κ1) is 13.6. The fourth-order valence-electron chi connectivity index (χ4n) is 2.83. The third-order valence-electron chi connectivity index (χ3n) is 3.77. The molecule has 2 saturated heterocycles. The lowest BCUT2D eigenvalue weighted by Crippen LogP contribution is -2.59. The lowest BCUT2D eigenvalue weighted by Gasteiger charge is -2.47. The fourth-order valence-corrected chi connectivity index (χ4v) is 4.01. The lowest BCUT2D eigenvalue weighted by atomic mass is 9.83. The fraction of sp³-hybridized carbons (Fsp3) is 1.00. The van der Waals surface area contributed by atoms with Crippen LogP contribution in [-0.4, -0.2) is 42.7 Å². The molecule has 0 aromatic heterocycles. The Kier molecular flexibility index (Phi) is 5.06. The van der Waals surface area contributed by atoms with Gasteiger partial charge >= 0.3 is 0 Å². The first-order valence-electron chi connectivity index (χ1n) is 6.46. The standard InChI is InChI=1S/C12H21F2NOS/c13-11(14)3-1-2-10-12(16-7-6-15-10)4-8-17-9-5-12/h10-11,15H,1-9H2. The van der Waals surface area contributed by atoms with E-state index < -0.39 is 6.43 Å². The Labute approximate surface area is 106 Å². The van der Waals surface area contributed by atoms with E-state index >= 15 is 0 Å². The van der Waals surface area contributed by atoms with Gasteiger partial charge < -0.3 is 10.1 Å². The van der Waals surface area contributed by atoms with E-state index in [0.29, 0.717) is 6.42 Å². The van der Waals surface area contributed by atoms with Crippen molar-refractivity contribution in [3.63, 3.8) is 0 Å². The Balaban J connectivity index is 1.87. The van der Waals surface area contributed by atoms with Crippen LogP contribution in [-0.2, 0) is 4.74 Å². The van der Waals surface area contributed by atoms with E-state index in [9.17, 15) is 8.78 Å². The lowest BCUT2D eigenvalue weighted by molar-refractivity contribution is -0.104. The molecular weight excluding hydrogens is 244 g/mol. The Bertz CT molecular complexity index is 226. The third kappa shape index (κ3) is 3.55. The van der Waals surface area contributed by atoms with Gasteiger partial charge in [0, 0.05) is 19.0 Å². The number of hydrogen-bond donors (Lipinski definition) is 1. The van der Waals surface area contributed by atoms with Crippen LogP contribution in [0.4, 0.5) is 8.78 Å². The molecule has 2 rings (SSSR count). The summed E-state index contributed by atoms with van der Waals surface area (Å²) in [6.07, 6.45) is 1.37. The van der Waals surface area contributed by atoms with Crippen molar-refractivity contribution < 1.29 is 13.5 Å². The molecule has 2 nitrogen and oxygen atoms in total. The van der Waals surface area contributed by atoms with Crippen LogP contribution in [0.15, 0.2) is 0 Å². The largest absolute Gasteiger partial charge is 0.372 e. The van der Waals surface area contributed by atoms with Gasteiger partial charge in [-0.15, -0.1) is 0 Å². The summed E-state index contributed by atoms with van der Waals surface area (Å²) in [7, 11) is 0. The van der Waals surface area contributed by atoms with Gasteiger partial charge in [-0.1, -0.05) is 0 Å². The number of nitrogens with one attached hydrogen (secondary N) is 1. The average Bonchev–Trinajstić information content (AvgIpc) is 2.32. The second-order valence-corrected chi connectivity index (χ2v) is 6.08. The number of hydrogen-bond acceptors (Lipinski definition) is 3. The van der Waals surface area contributed by atoms with E-state index in [2.05, 4.69) is 5.32 Å². The molecule has 1 N–H and O–H groups in total. The number of rotatable bonds is 4. The highest BCUT2D eigenvalue weighted by Crippen LogP contribution is 2.36. The molecule has 0 amide bonds. The van der Waals surface area contributed by atoms with Crippen LogP contribution in [0.3, 0.4) is 0 Å². The van der Waals surface area contributed by atoms with Crippen LogP contribution in [0, 0.1) is 0 Å². The quantitative estimate of drug-likeness (QED) is 0.844. The highest BCUT2D eigenvalue weighted by atomic mass is 32.2. The van der Waals surface area contributed by atoms with Crippen LogP contribution in [0.1, 0.15) is 32.1 Å². The average molecular weight is 265 g/mol. The molecule has 0 radical (unpaired) electrons. The first-order valence-corrected chi connectivity index (χ1v) is 7.62. The van der Waals surface area contributed by atoms with E-state index in [1.54, 1.807) is 0 Å². The van der Waals surface area contributed by atoms with Crippen molar-refractivity contribution >= 4 is 11.8 Å². The molecule has 2 aliphatic heterocycles. The molecule has 0 saturated carbocycles. The maximum atomic E-state index is 12.2. The number of halogens is 2. The summed E-state index contributed by atoms with van der Waals surface area (Å²) < 4.78 is 30.3. The van der Waals surface area contributed by atoms with Crippen LogP contribution in [0.2, 0.25) is 0 Å². The molecule has 17 heavy (non-hydrogen) atoms. The normalized spacial score (nSPS) is 28.8. The number of ether oxygens (including phenoxy) is 1. The minimum Gasteiger partial charge on any atom is -0.372 e. The molecule has 0 aromatic rings. The minimum absolute atomic E-state index is 0.0169. The molecule has 1 unspecified atom stereocenters. The predicted molar refractivity (Wildman–Crippen MR) is 66.9 cm³/mol. The monoisotopic (exact) mass is 265 g/mol. The van der Waals surface area contributed by atoms with E-state index in [0.717, 1.165) is 43.9 Å². The van der Waals surface area contributed by atoms with Gasteiger partial charge in [-0.3, -0.25) is 0 Å². The summed E-state index contributed by atoms with van der Waals surface area (Å²) in [4.78, 5) is 0. The van der Waals surface area contributed by atoms with Gasteiger partial charge in [0.1, 0.15) is 0 Å². The summed E-state index contributed by atoms with van der Waals surface area (Å²) in [5.74, 6) is 2.26. The molecule has 0 bridgehead atoms. The van der Waals surface area contributed by atoms with Crippen molar-refractivity contribution in [2.75, 3.05) is 24.7 Å². The zero-order valence-electron chi connectivity index (χ0n) is 10.1. The molecule has 1 atom stereocenters. The molecular formula is C12H21F2NOS. The molecule has 5 heteroatoms. The number of alkyl halides is 2. The van der Waals surface area contributed by atoms with Gasteiger partial charge in [0.25, 0.3) is 0 Å². The molecule has 2 heterocycles. The van der Waals surface area contributed by atoms with E-state index in [-0.39, 0.29) is 18.1 Å². The molecule has 1 spiro atoms. The highest BCUT2D eigenvalue weighted by Gasteiger charge is 2.42. The molecule has 0 aromatic carbocycles. The van der Waals surface area contributed by atoms with Crippen LogP contribution in [0.25, 0.3) is 0 Å². The predicted octanol–water partition coefficient (Wildman–Crippen LogP) is 2.68. The molecule has 100 valence electrons. The first-order chi connectivity index (χ1) is 8.23. The molecule has 0 aliphatic carbocycles. The zero-order chi connectivity index (χ0) is 12.1. The maximum Gasteiger partial charge on any atom is 0.238 e. The van der Waals surface area contributed by atoms with Crippen LogP contribution >= 0.6 is 11.8 Å². The Morgan fingerprint density at radius 3 is 2.82 bits per heavy atom. The van der Waals surface area contributed by atoms with E-state index in [1.807, 2.05) is 11.8 Å². The van der Waals surface area contributed by atoms with Crippen molar-refractivity contribution in [3.05, 3.63) is 0 Å². The highest BCUT2D eigenvalue weighted by molar-refractivity contribution is 7.99. The smallest absolute Gasteiger partial charge is 0.238 e. The van der Waals surface area contributed by atoms with E-state index in [1.165, 1.54) is 0 Å². The zero-order valence-corrected chi connectivity index (χ0v) is 10.9. The third-order valence-corrected chi connectivity index (χ3v) is 4.76. The maximum absolute atomic E-state index is 12.2. The van der Waals surface area contributed by atoms with Crippen molar-refractivity contribution in [1.82, 2.24) is 5.32 Å². The van der Waals surface area contributed by atoms with Crippen LogP contribution in [0.5, 0.6) is 0 Å². The summed E-state index contributed by atoms with van der Waals surface area (Å²) >= 11 is 1.97. The molecule has 2 aliphatic rings. The van der Waals surface area contributed by atoms with E-state index in [4.69, 9.17) is 4.74 Å². The summed E-state index contributed by atoms with van der Waals surface area (Å²) in [5.41, 5.74) is -0.0639. The van der Waals surface area contributed by atoms with Gasteiger partial charge in [-0.05, 0) is 37.2 Å². The Morgan fingerprint density at radius 2 is 2.12 bits per heavy atom. The number of thioether (sulfide) groups is 1.